The van der Waals surface area contributed by atoms with Gasteiger partial charge in [-0.05, 0) is 12.1 Å². The van der Waals surface area contributed by atoms with E-state index in [0.717, 1.165) is 9.46 Å². The summed E-state index contributed by atoms with van der Waals surface area (Å²) in [6, 6.07) is 9.78. The highest BCUT2D eigenvalue weighted by atomic mass is 32.2. The zero-order chi connectivity index (χ0) is 15.1. The highest BCUT2D eigenvalue weighted by molar-refractivity contribution is 7.99. The Morgan fingerprint density at radius 2 is 1.62 bits per heavy atom. The summed E-state index contributed by atoms with van der Waals surface area (Å²) in [6.07, 6.45) is 0. The van der Waals surface area contributed by atoms with Crippen LogP contribution in [0.5, 0.6) is 0 Å². The number of hydrogen-bond acceptors (Lipinski definition) is 4. The number of hydrogen-bond donors (Lipinski definition) is 0. The molecule has 0 aliphatic heterocycles. The molecule has 0 N–H and O–H groups in total. The number of fused-ring (bicyclic) bond motifs is 1. The summed E-state index contributed by atoms with van der Waals surface area (Å²) in [6.45, 7) is 0. The lowest BCUT2D eigenvalue weighted by Gasteiger charge is -2.03. The first kappa shape index (κ1) is 13.7. The third kappa shape index (κ3) is 2.09. The molecular formula is C14H14N4O2S. The minimum absolute atomic E-state index is 0.331. The van der Waals surface area contributed by atoms with Crippen LogP contribution in [0.2, 0.25) is 0 Å². The molecule has 7 heteroatoms. The van der Waals surface area contributed by atoms with Crippen molar-refractivity contribution in [3.05, 3.63) is 51.2 Å². The number of aryl methyl sites for hydroxylation is 2. The van der Waals surface area contributed by atoms with Gasteiger partial charge in [0.1, 0.15) is 0 Å². The van der Waals surface area contributed by atoms with Crippen LogP contribution < -0.4 is 11.2 Å². The lowest BCUT2D eigenvalue weighted by molar-refractivity contribution is 0.705. The van der Waals surface area contributed by atoms with Crippen LogP contribution in [-0.2, 0) is 21.1 Å². The molecule has 0 saturated heterocycles. The van der Waals surface area contributed by atoms with Crippen LogP contribution in [0.1, 0.15) is 0 Å². The van der Waals surface area contributed by atoms with E-state index < -0.39 is 0 Å². The molecule has 0 atom stereocenters. The number of nitrogens with zero attached hydrogens (tertiary/aromatic N) is 4. The highest BCUT2D eigenvalue weighted by Gasteiger charge is 2.17. The number of aromatic nitrogens is 4. The molecule has 0 saturated carbocycles. The topological polar surface area (TPSA) is 61.8 Å². The molecule has 21 heavy (non-hydrogen) atoms. The van der Waals surface area contributed by atoms with Crippen LogP contribution in [0.15, 0.2) is 50.0 Å². The van der Waals surface area contributed by atoms with Crippen LogP contribution in [0.3, 0.4) is 0 Å². The minimum Gasteiger partial charge on any atom is -0.316 e. The Morgan fingerprint density at radius 3 is 2.29 bits per heavy atom. The molecule has 2 aromatic heterocycles. The zero-order valence-corrected chi connectivity index (χ0v) is 12.7. The fourth-order valence-electron chi connectivity index (χ4n) is 2.18. The Bertz CT molecular complexity index is 937. The maximum Gasteiger partial charge on any atom is 0.332 e. The summed E-state index contributed by atoms with van der Waals surface area (Å²) in [5.41, 5.74) is 0.131. The average Bonchev–Trinajstić information content (AvgIpc) is 2.81. The quantitative estimate of drug-likeness (QED) is 0.712. The molecule has 2 heterocycles. The largest absolute Gasteiger partial charge is 0.332 e. The standard InChI is InChI=1S/C14H14N4O2S/c1-16-10-11(17(2)14(20)18(3)12(10)19)15-13(16)21-9-7-5-4-6-8-9/h4-8H,1-3H3. The summed E-state index contributed by atoms with van der Waals surface area (Å²) in [5.74, 6) is 0. The van der Waals surface area contributed by atoms with Gasteiger partial charge in [0.15, 0.2) is 16.3 Å². The molecule has 0 aliphatic carbocycles. The van der Waals surface area contributed by atoms with Crippen molar-refractivity contribution in [2.24, 2.45) is 21.1 Å². The second-order valence-corrected chi connectivity index (χ2v) is 5.79. The van der Waals surface area contributed by atoms with Gasteiger partial charge >= 0.3 is 5.69 Å². The van der Waals surface area contributed by atoms with E-state index >= 15 is 0 Å². The van der Waals surface area contributed by atoms with Gasteiger partial charge < -0.3 is 4.57 Å². The maximum atomic E-state index is 12.3. The Morgan fingerprint density at radius 1 is 0.952 bits per heavy atom. The van der Waals surface area contributed by atoms with E-state index in [1.54, 1.807) is 18.7 Å². The van der Waals surface area contributed by atoms with Crippen molar-refractivity contribution in [2.45, 2.75) is 10.1 Å². The molecule has 108 valence electrons. The van der Waals surface area contributed by atoms with E-state index in [1.165, 1.54) is 23.4 Å². The van der Waals surface area contributed by atoms with E-state index in [9.17, 15) is 9.59 Å². The molecule has 0 spiro atoms. The molecule has 0 radical (unpaired) electrons. The van der Waals surface area contributed by atoms with Gasteiger partial charge in [-0.25, -0.2) is 9.78 Å². The van der Waals surface area contributed by atoms with Gasteiger partial charge in [-0.15, -0.1) is 0 Å². The first-order chi connectivity index (χ1) is 10.0. The van der Waals surface area contributed by atoms with Gasteiger partial charge in [0.05, 0.1) is 0 Å². The van der Waals surface area contributed by atoms with Gasteiger partial charge in [-0.3, -0.25) is 13.9 Å². The van der Waals surface area contributed by atoms with Crippen molar-refractivity contribution in [3.63, 3.8) is 0 Å². The van der Waals surface area contributed by atoms with Crippen molar-refractivity contribution in [1.82, 2.24) is 18.7 Å². The number of imidazole rings is 1. The van der Waals surface area contributed by atoms with Crippen molar-refractivity contribution in [2.75, 3.05) is 0 Å². The van der Waals surface area contributed by atoms with Crippen LogP contribution in [-0.4, -0.2) is 18.7 Å². The summed E-state index contributed by atoms with van der Waals surface area (Å²) >= 11 is 1.46. The Hall–Kier alpha value is -2.28. The molecule has 0 fully saturated rings. The normalized spacial score (nSPS) is 11.2. The third-order valence-corrected chi connectivity index (χ3v) is 4.44. The SMILES string of the molecule is Cn1c(=O)c2c(nc(Sc3ccccc3)n2C)n(C)c1=O. The summed E-state index contributed by atoms with van der Waals surface area (Å²) in [4.78, 5) is 29.7. The van der Waals surface area contributed by atoms with Crippen molar-refractivity contribution >= 4 is 22.9 Å². The number of rotatable bonds is 2. The molecule has 6 nitrogen and oxygen atoms in total. The molecule has 1 aromatic carbocycles. The zero-order valence-electron chi connectivity index (χ0n) is 11.9. The van der Waals surface area contributed by atoms with Gasteiger partial charge in [0.2, 0.25) is 0 Å². The molecule has 0 bridgehead atoms. The van der Waals surface area contributed by atoms with Gasteiger partial charge in [-0.1, -0.05) is 30.0 Å². The van der Waals surface area contributed by atoms with E-state index in [1.807, 2.05) is 30.3 Å². The van der Waals surface area contributed by atoms with Crippen molar-refractivity contribution in [3.8, 4) is 0 Å². The Balaban J connectivity index is 2.26. The Labute approximate surface area is 124 Å². The van der Waals surface area contributed by atoms with Crippen LogP contribution >= 0.6 is 11.8 Å². The second-order valence-electron chi connectivity index (χ2n) is 4.75. The molecule has 0 amide bonds. The van der Waals surface area contributed by atoms with E-state index in [-0.39, 0.29) is 11.2 Å². The first-order valence-corrected chi connectivity index (χ1v) is 7.17. The second kappa shape index (κ2) is 4.92. The molecule has 3 aromatic rings. The third-order valence-electron chi connectivity index (χ3n) is 3.39. The summed E-state index contributed by atoms with van der Waals surface area (Å²) < 4.78 is 4.22. The maximum absolute atomic E-state index is 12.3. The van der Waals surface area contributed by atoms with E-state index in [0.29, 0.717) is 16.3 Å². The minimum atomic E-state index is -0.373. The molecule has 0 unspecified atom stereocenters. The van der Waals surface area contributed by atoms with Crippen molar-refractivity contribution < 1.29 is 0 Å². The molecule has 3 rings (SSSR count). The predicted octanol–water partition coefficient (Wildman–Crippen LogP) is 1.12. The molecular weight excluding hydrogens is 288 g/mol. The van der Waals surface area contributed by atoms with Crippen LogP contribution in [0.25, 0.3) is 11.2 Å². The fraction of sp³-hybridized carbons (Fsp3) is 0.214. The van der Waals surface area contributed by atoms with Crippen molar-refractivity contribution in [1.29, 1.82) is 0 Å². The lowest BCUT2D eigenvalue weighted by atomic mass is 10.4. The van der Waals surface area contributed by atoms with Crippen LogP contribution in [0.4, 0.5) is 0 Å². The first-order valence-electron chi connectivity index (χ1n) is 6.36. The monoisotopic (exact) mass is 302 g/mol. The van der Waals surface area contributed by atoms with Gasteiger partial charge in [-0.2, -0.15) is 0 Å². The summed E-state index contributed by atoms with van der Waals surface area (Å²) in [5, 5.41) is 0.675. The molecule has 0 aliphatic rings. The van der Waals surface area contributed by atoms with E-state index in [2.05, 4.69) is 4.98 Å². The number of benzene rings is 1. The average molecular weight is 302 g/mol. The smallest absolute Gasteiger partial charge is 0.316 e. The van der Waals surface area contributed by atoms with E-state index in [4.69, 9.17) is 0 Å². The lowest BCUT2D eigenvalue weighted by Crippen LogP contribution is -2.37. The fourth-order valence-corrected chi connectivity index (χ4v) is 3.05. The summed E-state index contributed by atoms with van der Waals surface area (Å²) in [7, 11) is 4.88. The van der Waals surface area contributed by atoms with Crippen LogP contribution in [0, 0.1) is 0 Å². The Kier molecular flexibility index (Phi) is 3.21. The predicted molar refractivity (Wildman–Crippen MR) is 81.8 cm³/mol. The highest BCUT2D eigenvalue weighted by Crippen LogP contribution is 2.27. The van der Waals surface area contributed by atoms with Gasteiger partial charge in [0.25, 0.3) is 5.56 Å². The van der Waals surface area contributed by atoms with Gasteiger partial charge in [0, 0.05) is 26.0 Å².